The molecule has 17 heavy (non-hydrogen) atoms. The molecule has 0 unspecified atom stereocenters. The van der Waals surface area contributed by atoms with Crippen LogP contribution in [0.25, 0.3) is 0 Å². The number of hydrogen-bond acceptors (Lipinski definition) is 3. The van der Waals surface area contributed by atoms with Crippen molar-refractivity contribution in [3.8, 4) is 0 Å². The fourth-order valence-electron chi connectivity index (χ4n) is 1.53. The average molecular weight is 318 g/mol. The summed E-state index contributed by atoms with van der Waals surface area (Å²) in [5, 5.41) is 0. The maximum atomic E-state index is 13.5. The van der Waals surface area contributed by atoms with Crippen molar-refractivity contribution >= 4 is 39.5 Å². The van der Waals surface area contributed by atoms with Crippen LogP contribution in [0.15, 0.2) is 22.7 Å². The average Bonchev–Trinajstić information content (AvgIpc) is 2.28. The van der Waals surface area contributed by atoms with E-state index in [0.717, 1.165) is 9.37 Å². The lowest BCUT2D eigenvalue weighted by Crippen LogP contribution is -2.42. The highest BCUT2D eigenvalue weighted by atomic mass is 79.9. The minimum Gasteiger partial charge on any atom is -0.277 e. The second-order valence-electron chi connectivity index (χ2n) is 3.60. The van der Waals surface area contributed by atoms with E-state index in [1.807, 2.05) is 0 Å². The molecular formula is C11H9BrFNO2S. The smallest absolute Gasteiger partial charge is 0.239 e. The quantitative estimate of drug-likeness (QED) is 0.785. The van der Waals surface area contributed by atoms with Crippen LogP contribution in [0, 0.1) is 5.82 Å². The van der Waals surface area contributed by atoms with Gasteiger partial charge in [0.05, 0.1) is 18.1 Å². The van der Waals surface area contributed by atoms with Crippen molar-refractivity contribution in [2.45, 2.75) is 6.54 Å². The van der Waals surface area contributed by atoms with Gasteiger partial charge in [-0.05, 0) is 18.2 Å². The topological polar surface area (TPSA) is 37.4 Å². The predicted molar refractivity (Wildman–Crippen MR) is 67.0 cm³/mol. The molecule has 0 aliphatic carbocycles. The summed E-state index contributed by atoms with van der Waals surface area (Å²) in [5.74, 6) is -0.369. The van der Waals surface area contributed by atoms with Gasteiger partial charge in [0.2, 0.25) is 11.8 Å². The molecule has 1 fully saturated rings. The number of halogens is 2. The Morgan fingerprint density at radius 1 is 1.29 bits per heavy atom. The van der Waals surface area contributed by atoms with Gasteiger partial charge in [-0.15, -0.1) is 11.8 Å². The van der Waals surface area contributed by atoms with Gasteiger partial charge in [0.25, 0.3) is 0 Å². The van der Waals surface area contributed by atoms with E-state index in [1.165, 1.54) is 17.8 Å². The first-order chi connectivity index (χ1) is 8.08. The summed E-state index contributed by atoms with van der Waals surface area (Å²) in [6.45, 7) is 0.00347. The molecule has 0 spiro atoms. The minimum absolute atomic E-state index is 0.00347. The standard InChI is InChI=1S/C11H9BrFNO2S/c12-8-1-2-9(13)7(3-8)4-14-10(15)5-17-6-11(14)16/h1-3H,4-6H2. The largest absolute Gasteiger partial charge is 0.277 e. The maximum absolute atomic E-state index is 13.5. The van der Waals surface area contributed by atoms with Gasteiger partial charge in [-0.3, -0.25) is 14.5 Å². The summed E-state index contributed by atoms with van der Waals surface area (Å²) < 4.78 is 14.2. The predicted octanol–water partition coefficient (Wildman–Crippen LogP) is 2.19. The molecule has 0 atom stereocenters. The van der Waals surface area contributed by atoms with Crippen LogP contribution < -0.4 is 0 Å². The van der Waals surface area contributed by atoms with Crippen LogP contribution in [0.5, 0.6) is 0 Å². The highest BCUT2D eigenvalue weighted by Gasteiger charge is 2.27. The number of thioether (sulfide) groups is 1. The summed E-state index contributed by atoms with van der Waals surface area (Å²) in [4.78, 5) is 24.2. The second kappa shape index (κ2) is 5.18. The van der Waals surface area contributed by atoms with Crippen LogP contribution in [0.4, 0.5) is 4.39 Å². The van der Waals surface area contributed by atoms with E-state index in [1.54, 1.807) is 12.1 Å². The molecule has 1 aliphatic heterocycles. The van der Waals surface area contributed by atoms with Crippen LogP contribution in [0.3, 0.4) is 0 Å². The van der Waals surface area contributed by atoms with Crippen LogP contribution in [-0.2, 0) is 16.1 Å². The lowest BCUT2D eigenvalue weighted by atomic mass is 10.2. The monoisotopic (exact) mass is 317 g/mol. The van der Waals surface area contributed by atoms with Gasteiger partial charge < -0.3 is 0 Å². The Balaban J connectivity index is 2.21. The van der Waals surface area contributed by atoms with Crippen molar-refractivity contribution in [2.24, 2.45) is 0 Å². The highest BCUT2D eigenvalue weighted by molar-refractivity contribution is 9.10. The van der Waals surface area contributed by atoms with E-state index in [4.69, 9.17) is 0 Å². The number of benzene rings is 1. The Kier molecular flexibility index (Phi) is 3.83. The molecule has 2 rings (SSSR count). The van der Waals surface area contributed by atoms with Gasteiger partial charge in [0, 0.05) is 10.0 Å². The Labute approximate surface area is 110 Å². The first-order valence-corrected chi connectivity index (χ1v) is 6.87. The molecule has 6 heteroatoms. The molecule has 1 aliphatic rings. The van der Waals surface area contributed by atoms with Crippen molar-refractivity contribution < 1.29 is 14.0 Å². The van der Waals surface area contributed by atoms with E-state index in [-0.39, 0.29) is 29.9 Å². The van der Waals surface area contributed by atoms with Crippen molar-refractivity contribution in [3.63, 3.8) is 0 Å². The zero-order valence-electron chi connectivity index (χ0n) is 8.78. The summed E-state index contributed by atoms with van der Waals surface area (Å²) in [6.07, 6.45) is 0. The first-order valence-electron chi connectivity index (χ1n) is 4.93. The fraction of sp³-hybridized carbons (Fsp3) is 0.273. The maximum Gasteiger partial charge on any atom is 0.239 e. The van der Waals surface area contributed by atoms with E-state index in [0.29, 0.717) is 5.56 Å². The molecule has 2 amide bonds. The van der Waals surface area contributed by atoms with Gasteiger partial charge in [0.15, 0.2) is 0 Å². The SMILES string of the molecule is O=C1CSCC(=O)N1Cc1cc(Br)ccc1F. The third-order valence-corrected chi connectivity index (χ3v) is 3.78. The first kappa shape index (κ1) is 12.6. The molecule has 1 saturated heterocycles. The number of rotatable bonds is 2. The van der Waals surface area contributed by atoms with Crippen LogP contribution in [-0.4, -0.2) is 28.2 Å². The number of nitrogens with zero attached hydrogens (tertiary/aromatic N) is 1. The molecule has 3 nitrogen and oxygen atoms in total. The number of carbonyl (C=O) groups excluding carboxylic acids is 2. The van der Waals surface area contributed by atoms with Gasteiger partial charge in [-0.25, -0.2) is 4.39 Å². The summed E-state index contributed by atoms with van der Waals surface area (Å²) >= 11 is 4.52. The lowest BCUT2D eigenvalue weighted by molar-refractivity contribution is -0.142. The molecule has 1 aromatic rings. The fourth-order valence-corrected chi connectivity index (χ4v) is 2.70. The number of amides is 2. The molecule has 1 heterocycles. The van der Waals surface area contributed by atoms with Crippen LogP contribution in [0.1, 0.15) is 5.56 Å². The van der Waals surface area contributed by atoms with Crippen LogP contribution in [0.2, 0.25) is 0 Å². The third-order valence-electron chi connectivity index (χ3n) is 2.39. The van der Waals surface area contributed by atoms with E-state index in [9.17, 15) is 14.0 Å². The van der Waals surface area contributed by atoms with E-state index < -0.39 is 5.82 Å². The molecule has 0 bridgehead atoms. The summed E-state index contributed by atoms with van der Waals surface area (Å²) in [6, 6.07) is 4.47. The summed E-state index contributed by atoms with van der Waals surface area (Å²) in [7, 11) is 0. The van der Waals surface area contributed by atoms with Crippen molar-refractivity contribution in [2.75, 3.05) is 11.5 Å². The Hall–Kier alpha value is -0.880. The second-order valence-corrected chi connectivity index (χ2v) is 5.50. The highest BCUT2D eigenvalue weighted by Crippen LogP contribution is 2.20. The zero-order chi connectivity index (χ0) is 12.4. The molecule has 0 aromatic heterocycles. The van der Waals surface area contributed by atoms with Crippen molar-refractivity contribution in [1.29, 1.82) is 0 Å². The van der Waals surface area contributed by atoms with Gasteiger partial charge in [-0.2, -0.15) is 0 Å². The molecule has 1 aromatic carbocycles. The number of imide groups is 1. The molecule has 0 N–H and O–H groups in total. The summed E-state index contributed by atoms with van der Waals surface area (Å²) in [5.41, 5.74) is 0.341. The molecule has 0 saturated carbocycles. The molecular weight excluding hydrogens is 309 g/mol. The van der Waals surface area contributed by atoms with Gasteiger partial charge >= 0.3 is 0 Å². The Morgan fingerprint density at radius 3 is 2.59 bits per heavy atom. The third kappa shape index (κ3) is 2.87. The van der Waals surface area contributed by atoms with Crippen molar-refractivity contribution in [1.82, 2.24) is 4.90 Å². The molecule has 0 radical (unpaired) electrons. The number of hydrogen-bond donors (Lipinski definition) is 0. The van der Waals surface area contributed by atoms with Gasteiger partial charge in [-0.1, -0.05) is 15.9 Å². The van der Waals surface area contributed by atoms with Crippen LogP contribution >= 0.6 is 27.7 Å². The Bertz CT molecular complexity index is 465. The van der Waals surface area contributed by atoms with Gasteiger partial charge in [0.1, 0.15) is 5.82 Å². The van der Waals surface area contributed by atoms with E-state index >= 15 is 0 Å². The minimum atomic E-state index is -0.410. The normalized spacial score (nSPS) is 16.5. The zero-order valence-corrected chi connectivity index (χ0v) is 11.2. The van der Waals surface area contributed by atoms with E-state index in [2.05, 4.69) is 15.9 Å². The molecule has 90 valence electrons. The lowest BCUT2D eigenvalue weighted by Gasteiger charge is -2.24. The number of carbonyl (C=O) groups is 2. The van der Waals surface area contributed by atoms with Crippen molar-refractivity contribution in [3.05, 3.63) is 34.1 Å². The Morgan fingerprint density at radius 2 is 1.94 bits per heavy atom.